The van der Waals surface area contributed by atoms with Crippen LogP contribution in [0.1, 0.15) is 55.8 Å². The lowest BCUT2D eigenvalue weighted by Gasteiger charge is -2.13. The Morgan fingerprint density at radius 2 is 1.76 bits per heavy atom. The van der Waals surface area contributed by atoms with Gasteiger partial charge in [0.25, 0.3) is 0 Å². The average molecular weight is 234 g/mol. The van der Waals surface area contributed by atoms with Crippen LogP contribution in [0.25, 0.3) is 0 Å². The monoisotopic (exact) mass is 234 g/mol. The predicted octanol–water partition coefficient (Wildman–Crippen LogP) is 2.54. The van der Waals surface area contributed by atoms with Crippen LogP contribution >= 0.6 is 0 Å². The largest absolute Gasteiger partial charge is 0.481 e. The van der Waals surface area contributed by atoms with E-state index in [0.29, 0.717) is 11.7 Å². The number of rotatable bonds is 3. The summed E-state index contributed by atoms with van der Waals surface area (Å²) in [5.74, 6) is 0.0819. The third-order valence-corrected chi connectivity index (χ3v) is 3.36. The van der Waals surface area contributed by atoms with Gasteiger partial charge in [-0.05, 0) is 24.3 Å². The van der Waals surface area contributed by atoms with Crippen LogP contribution in [0.3, 0.4) is 0 Å². The molecule has 1 fully saturated rings. The zero-order chi connectivity index (χ0) is 12.1. The molecule has 0 unspecified atom stereocenters. The Morgan fingerprint density at radius 3 is 2.29 bits per heavy atom. The number of carbonyl (C=O) groups is 1. The fraction of sp³-hybridized carbons (Fsp3) is 0.615. The van der Waals surface area contributed by atoms with Gasteiger partial charge in [-0.1, -0.05) is 25.7 Å². The third-order valence-electron chi connectivity index (χ3n) is 3.36. The van der Waals surface area contributed by atoms with Gasteiger partial charge >= 0.3 is 5.97 Å². The first-order chi connectivity index (χ1) is 8.25. The molecule has 0 radical (unpaired) electrons. The lowest BCUT2D eigenvalue weighted by molar-refractivity contribution is -0.136. The predicted molar refractivity (Wildman–Crippen MR) is 63.8 cm³/mol. The first-order valence-corrected chi connectivity index (χ1v) is 6.28. The van der Waals surface area contributed by atoms with Crippen molar-refractivity contribution in [1.82, 2.24) is 9.97 Å². The number of hydrogen-bond acceptors (Lipinski definition) is 3. The number of aromatic nitrogens is 2. The van der Waals surface area contributed by atoms with Crippen molar-refractivity contribution < 1.29 is 9.90 Å². The first kappa shape index (κ1) is 12.0. The maximum absolute atomic E-state index is 10.5. The summed E-state index contributed by atoms with van der Waals surface area (Å²) in [6, 6.07) is 0. The Morgan fingerprint density at radius 1 is 1.18 bits per heavy atom. The van der Waals surface area contributed by atoms with Crippen molar-refractivity contribution in [2.75, 3.05) is 0 Å². The first-order valence-electron chi connectivity index (χ1n) is 6.28. The van der Waals surface area contributed by atoms with Gasteiger partial charge in [0.15, 0.2) is 0 Å². The highest BCUT2D eigenvalue weighted by Crippen LogP contribution is 2.30. The number of carboxylic acid groups (broad SMARTS) is 1. The van der Waals surface area contributed by atoms with E-state index in [1.54, 1.807) is 12.4 Å². The Bertz CT molecular complexity index is 368. The number of carboxylic acids is 1. The minimum atomic E-state index is -0.882. The normalized spacial score (nSPS) is 17.6. The summed E-state index contributed by atoms with van der Waals surface area (Å²) in [5, 5.41) is 8.64. The van der Waals surface area contributed by atoms with Crippen molar-refractivity contribution in [2.24, 2.45) is 0 Å². The van der Waals surface area contributed by atoms with E-state index in [1.807, 2.05) is 0 Å². The van der Waals surface area contributed by atoms with Gasteiger partial charge in [0.2, 0.25) is 0 Å². The Balaban J connectivity index is 2.03. The molecule has 1 aliphatic rings. The zero-order valence-corrected chi connectivity index (χ0v) is 9.93. The van der Waals surface area contributed by atoms with Gasteiger partial charge in [0, 0.05) is 12.4 Å². The van der Waals surface area contributed by atoms with Crippen LogP contribution in [0, 0.1) is 0 Å². The molecule has 0 aliphatic heterocycles. The van der Waals surface area contributed by atoms with E-state index in [4.69, 9.17) is 5.11 Å². The van der Waals surface area contributed by atoms with E-state index in [2.05, 4.69) is 9.97 Å². The van der Waals surface area contributed by atoms with Crippen LogP contribution in [0.5, 0.6) is 0 Å². The topological polar surface area (TPSA) is 63.1 Å². The van der Waals surface area contributed by atoms with E-state index in [9.17, 15) is 4.79 Å². The molecule has 92 valence electrons. The summed E-state index contributed by atoms with van der Waals surface area (Å²) < 4.78 is 0. The van der Waals surface area contributed by atoms with Crippen molar-refractivity contribution in [3.05, 3.63) is 23.8 Å². The van der Waals surface area contributed by atoms with E-state index in [1.165, 1.54) is 44.1 Å². The standard InChI is InChI=1S/C13H18N2O2/c16-13(17)7-12-14-8-11(9-15-12)10-5-3-1-2-4-6-10/h8-10H,1-7H2,(H,16,17). The van der Waals surface area contributed by atoms with Gasteiger partial charge < -0.3 is 5.11 Å². The van der Waals surface area contributed by atoms with Crippen molar-refractivity contribution in [3.8, 4) is 0 Å². The number of aliphatic carboxylic acids is 1. The highest BCUT2D eigenvalue weighted by Gasteiger charge is 2.15. The van der Waals surface area contributed by atoms with Gasteiger partial charge in [-0.2, -0.15) is 0 Å². The Kier molecular flexibility index (Phi) is 4.07. The lowest BCUT2D eigenvalue weighted by Crippen LogP contribution is -2.06. The van der Waals surface area contributed by atoms with E-state index in [-0.39, 0.29) is 6.42 Å². The van der Waals surface area contributed by atoms with Crippen LogP contribution in [-0.2, 0) is 11.2 Å². The maximum atomic E-state index is 10.5. The van der Waals surface area contributed by atoms with Gasteiger partial charge in [0.05, 0.1) is 0 Å². The summed E-state index contributed by atoms with van der Waals surface area (Å²) in [6.45, 7) is 0. The second-order valence-electron chi connectivity index (χ2n) is 4.69. The van der Waals surface area contributed by atoms with Crippen molar-refractivity contribution in [3.63, 3.8) is 0 Å². The molecule has 2 rings (SSSR count). The summed E-state index contributed by atoms with van der Waals surface area (Å²) in [5.41, 5.74) is 1.17. The van der Waals surface area contributed by atoms with Crippen LogP contribution < -0.4 is 0 Å². The molecule has 17 heavy (non-hydrogen) atoms. The zero-order valence-electron chi connectivity index (χ0n) is 9.93. The third kappa shape index (κ3) is 3.51. The van der Waals surface area contributed by atoms with Gasteiger partial charge in [-0.25, -0.2) is 9.97 Å². The number of hydrogen-bond donors (Lipinski definition) is 1. The smallest absolute Gasteiger partial charge is 0.311 e. The second-order valence-corrected chi connectivity index (χ2v) is 4.69. The van der Waals surface area contributed by atoms with Crippen LogP contribution in [0.15, 0.2) is 12.4 Å². The number of nitrogens with zero attached hydrogens (tertiary/aromatic N) is 2. The molecule has 0 amide bonds. The van der Waals surface area contributed by atoms with Crippen LogP contribution in [-0.4, -0.2) is 21.0 Å². The minimum Gasteiger partial charge on any atom is -0.481 e. The van der Waals surface area contributed by atoms with E-state index in [0.717, 1.165) is 0 Å². The second kappa shape index (κ2) is 5.75. The molecule has 0 aromatic carbocycles. The highest BCUT2D eigenvalue weighted by atomic mass is 16.4. The summed E-state index contributed by atoms with van der Waals surface area (Å²) >= 11 is 0. The molecular weight excluding hydrogens is 216 g/mol. The summed E-state index contributed by atoms with van der Waals surface area (Å²) in [7, 11) is 0. The molecule has 1 saturated carbocycles. The molecule has 4 heteroatoms. The van der Waals surface area contributed by atoms with Crippen LogP contribution in [0.2, 0.25) is 0 Å². The summed E-state index contributed by atoms with van der Waals surface area (Å²) in [6.07, 6.45) is 11.2. The lowest BCUT2D eigenvalue weighted by atomic mass is 9.94. The quantitative estimate of drug-likeness (QED) is 0.816. The van der Waals surface area contributed by atoms with Crippen molar-refractivity contribution in [2.45, 2.75) is 50.9 Å². The van der Waals surface area contributed by atoms with Crippen molar-refractivity contribution in [1.29, 1.82) is 0 Å². The van der Waals surface area contributed by atoms with E-state index < -0.39 is 5.97 Å². The molecule has 1 aliphatic carbocycles. The van der Waals surface area contributed by atoms with Gasteiger partial charge in [0.1, 0.15) is 12.2 Å². The van der Waals surface area contributed by atoms with Gasteiger partial charge in [-0.15, -0.1) is 0 Å². The minimum absolute atomic E-state index is 0.0923. The maximum Gasteiger partial charge on any atom is 0.311 e. The molecule has 1 aromatic rings. The molecule has 1 N–H and O–H groups in total. The molecule has 1 aromatic heterocycles. The summed E-state index contributed by atoms with van der Waals surface area (Å²) in [4.78, 5) is 18.8. The molecule has 1 heterocycles. The molecule has 0 saturated heterocycles. The molecule has 4 nitrogen and oxygen atoms in total. The van der Waals surface area contributed by atoms with E-state index >= 15 is 0 Å². The molecular formula is C13H18N2O2. The fourth-order valence-corrected chi connectivity index (χ4v) is 2.41. The highest BCUT2D eigenvalue weighted by molar-refractivity contribution is 5.68. The average Bonchev–Trinajstić information content (AvgIpc) is 2.58. The Hall–Kier alpha value is -1.45. The van der Waals surface area contributed by atoms with Crippen LogP contribution in [0.4, 0.5) is 0 Å². The fourth-order valence-electron chi connectivity index (χ4n) is 2.41. The molecule has 0 atom stereocenters. The van der Waals surface area contributed by atoms with Gasteiger partial charge in [-0.3, -0.25) is 4.79 Å². The molecule has 0 spiro atoms. The van der Waals surface area contributed by atoms with Crippen molar-refractivity contribution >= 4 is 5.97 Å². The Labute approximate surface area is 101 Å². The SMILES string of the molecule is O=C(O)Cc1ncc(C2CCCCCC2)cn1. The molecule has 0 bridgehead atoms.